The lowest BCUT2D eigenvalue weighted by Gasteiger charge is -2.07. The molecule has 0 atom stereocenters. The molecule has 0 aliphatic heterocycles. The summed E-state index contributed by atoms with van der Waals surface area (Å²) in [5, 5.41) is 9.32. The van der Waals surface area contributed by atoms with Crippen molar-refractivity contribution in [2.24, 2.45) is 0 Å². The van der Waals surface area contributed by atoms with Crippen molar-refractivity contribution in [1.29, 1.82) is 0 Å². The second-order valence-electron chi connectivity index (χ2n) is 3.60. The second kappa shape index (κ2) is 3.81. The maximum Gasteiger partial charge on any atom is 0.511 e. The Labute approximate surface area is 92.5 Å². The summed E-state index contributed by atoms with van der Waals surface area (Å²) < 4.78 is 4.70. The summed E-state index contributed by atoms with van der Waals surface area (Å²) in [6, 6.07) is 7.09. The van der Waals surface area contributed by atoms with Crippen LogP contribution in [0.25, 0.3) is 10.9 Å². The van der Waals surface area contributed by atoms with Crippen molar-refractivity contribution >= 4 is 17.1 Å². The number of rotatable bonds is 1. The van der Waals surface area contributed by atoms with Crippen molar-refractivity contribution in [2.45, 2.75) is 13.8 Å². The molecule has 0 aliphatic carbocycles. The molecule has 82 valence electrons. The molecular formula is C12H11NO3. The van der Waals surface area contributed by atoms with Gasteiger partial charge in [-0.05, 0) is 37.6 Å². The van der Waals surface area contributed by atoms with Crippen molar-refractivity contribution in [2.75, 3.05) is 0 Å². The first kappa shape index (κ1) is 10.4. The van der Waals surface area contributed by atoms with Gasteiger partial charge in [-0.3, -0.25) is 4.98 Å². The molecule has 0 bridgehead atoms. The molecule has 1 aromatic heterocycles. The largest absolute Gasteiger partial charge is 0.511 e. The Morgan fingerprint density at radius 1 is 1.25 bits per heavy atom. The van der Waals surface area contributed by atoms with Crippen LogP contribution in [0.3, 0.4) is 0 Å². The van der Waals surface area contributed by atoms with Gasteiger partial charge in [-0.25, -0.2) is 4.79 Å². The average Bonchev–Trinajstić information content (AvgIpc) is 2.22. The van der Waals surface area contributed by atoms with E-state index in [1.165, 1.54) is 0 Å². The number of benzene rings is 1. The van der Waals surface area contributed by atoms with Crippen molar-refractivity contribution in [3.8, 4) is 5.75 Å². The number of hydrogen-bond acceptors (Lipinski definition) is 3. The van der Waals surface area contributed by atoms with E-state index in [2.05, 4.69) is 4.98 Å². The van der Waals surface area contributed by atoms with Crippen LogP contribution in [0.15, 0.2) is 24.3 Å². The minimum Gasteiger partial charge on any atom is -0.449 e. The molecule has 0 aliphatic rings. The van der Waals surface area contributed by atoms with E-state index in [0.29, 0.717) is 11.1 Å². The summed E-state index contributed by atoms with van der Waals surface area (Å²) in [6.07, 6.45) is -1.31. The minimum absolute atomic E-state index is 0.320. The highest BCUT2D eigenvalue weighted by molar-refractivity contribution is 5.89. The summed E-state index contributed by atoms with van der Waals surface area (Å²) in [4.78, 5) is 14.9. The number of aryl methyl sites for hydroxylation is 2. The zero-order valence-electron chi connectivity index (χ0n) is 9.02. The van der Waals surface area contributed by atoms with E-state index in [1.54, 1.807) is 12.1 Å². The maximum atomic E-state index is 10.5. The molecule has 1 aromatic carbocycles. The van der Waals surface area contributed by atoms with E-state index in [4.69, 9.17) is 9.84 Å². The number of nitrogens with zero attached hydrogens (tertiary/aromatic N) is 1. The standard InChI is InChI=1S/C12H11NO3/c1-7-3-6-10(16-12(14)15)9-5-4-8(2)13-11(7)9/h3-6H,1-2H3,(H,14,15). The van der Waals surface area contributed by atoms with Crippen molar-refractivity contribution < 1.29 is 14.6 Å². The van der Waals surface area contributed by atoms with Crippen LogP contribution in [0.4, 0.5) is 4.79 Å². The molecular weight excluding hydrogens is 206 g/mol. The predicted molar refractivity (Wildman–Crippen MR) is 59.9 cm³/mol. The molecule has 16 heavy (non-hydrogen) atoms. The average molecular weight is 217 g/mol. The fraction of sp³-hybridized carbons (Fsp3) is 0.167. The summed E-state index contributed by atoms with van der Waals surface area (Å²) in [5.41, 5.74) is 2.67. The van der Waals surface area contributed by atoms with Gasteiger partial charge in [0, 0.05) is 11.1 Å². The van der Waals surface area contributed by atoms with Crippen molar-refractivity contribution in [3.63, 3.8) is 0 Å². The Morgan fingerprint density at radius 2 is 2.00 bits per heavy atom. The first-order chi connectivity index (χ1) is 7.58. The maximum absolute atomic E-state index is 10.5. The van der Waals surface area contributed by atoms with E-state index in [1.807, 2.05) is 26.0 Å². The number of aromatic nitrogens is 1. The first-order valence-electron chi connectivity index (χ1n) is 4.85. The van der Waals surface area contributed by atoms with Gasteiger partial charge in [0.15, 0.2) is 0 Å². The van der Waals surface area contributed by atoms with E-state index < -0.39 is 6.16 Å². The number of fused-ring (bicyclic) bond motifs is 1. The molecule has 4 nitrogen and oxygen atoms in total. The van der Waals surface area contributed by atoms with Crippen LogP contribution in [-0.2, 0) is 0 Å². The molecule has 0 fully saturated rings. The molecule has 1 N–H and O–H groups in total. The Kier molecular flexibility index (Phi) is 2.48. The van der Waals surface area contributed by atoms with Crippen LogP contribution in [0.5, 0.6) is 5.75 Å². The highest BCUT2D eigenvalue weighted by Crippen LogP contribution is 2.27. The number of ether oxygens (including phenoxy) is 1. The molecule has 2 rings (SSSR count). The smallest absolute Gasteiger partial charge is 0.449 e. The van der Waals surface area contributed by atoms with Gasteiger partial charge in [-0.15, -0.1) is 0 Å². The van der Waals surface area contributed by atoms with Crippen LogP contribution in [0, 0.1) is 13.8 Å². The lowest BCUT2D eigenvalue weighted by molar-refractivity contribution is 0.145. The Bertz CT molecular complexity index is 563. The predicted octanol–water partition coefficient (Wildman–Crippen LogP) is 2.91. The van der Waals surface area contributed by atoms with Gasteiger partial charge in [0.1, 0.15) is 5.75 Å². The van der Waals surface area contributed by atoms with Gasteiger partial charge < -0.3 is 9.84 Å². The van der Waals surface area contributed by atoms with Gasteiger partial charge >= 0.3 is 6.16 Å². The SMILES string of the molecule is Cc1ccc2c(OC(=O)O)ccc(C)c2n1. The topological polar surface area (TPSA) is 59.4 Å². The number of pyridine rings is 1. The summed E-state index contributed by atoms with van der Waals surface area (Å²) in [6.45, 7) is 3.82. The molecule has 0 saturated carbocycles. The van der Waals surface area contributed by atoms with Crippen molar-refractivity contribution in [3.05, 3.63) is 35.5 Å². The van der Waals surface area contributed by atoms with Gasteiger partial charge in [0.25, 0.3) is 0 Å². The Hall–Kier alpha value is -2.10. The molecule has 0 spiro atoms. The van der Waals surface area contributed by atoms with E-state index >= 15 is 0 Å². The highest BCUT2D eigenvalue weighted by Gasteiger charge is 2.08. The lowest BCUT2D eigenvalue weighted by Crippen LogP contribution is -2.03. The summed E-state index contributed by atoms with van der Waals surface area (Å²) >= 11 is 0. The summed E-state index contributed by atoms with van der Waals surface area (Å²) in [7, 11) is 0. The summed E-state index contributed by atoms with van der Waals surface area (Å²) in [5.74, 6) is 0.320. The molecule has 4 heteroatoms. The second-order valence-corrected chi connectivity index (χ2v) is 3.60. The third-order valence-electron chi connectivity index (χ3n) is 2.36. The lowest BCUT2D eigenvalue weighted by atomic mass is 10.1. The van der Waals surface area contributed by atoms with Crippen LogP contribution >= 0.6 is 0 Å². The van der Waals surface area contributed by atoms with E-state index in [-0.39, 0.29) is 0 Å². The van der Waals surface area contributed by atoms with Gasteiger partial charge in [0.2, 0.25) is 0 Å². The molecule has 0 unspecified atom stereocenters. The molecule has 0 radical (unpaired) electrons. The monoisotopic (exact) mass is 217 g/mol. The number of carboxylic acid groups (broad SMARTS) is 1. The minimum atomic E-state index is -1.31. The highest BCUT2D eigenvalue weighted by atomic mass is 16.7. The fourth-order valence-electron chi connectivity index (χ4n) is 1.61. The molecule has 2 aromatic rings. The van der Waals surface area contributed by atoms with Gasteiger partial charge in [0.05, 0.1) is 5.52 Å². The van der Waals surface area contributed by atoms with Crippen LogP contribution in [0.1, 0.15) is 11.3 Å². The quantitative estimate of drug-likeness (QED) is 0.589. The molecule has 1 heterocycles. The van der Waals surface area contributed by atoms with Gasteiger partial charge in [-0.1, -0.05) is 6.07 Å². The fourth-order valence-corrected chi connectivity index (χ4v) is 1.61. The van der Waals surface area contributed by atoms with Crippen LogP contribution < -0.4 is 4.74 Å². The first-order valence-corrected chi connectivity index (χ1v) is 4.85. The van der Waals surface area contributed by atoms with E-state index in [0.717, 1.165) is 16.8 Å². The molecule has 0 saturated heterocycles. The third kappa shape index (κ3) is 1.82. The van der Waals surface area contributed by atoms with Gasteiger partial charge in [-0.2, -0.15) is 0 Å². The number of hydrogen-bond donors (Lipinski definition) is 1. The van der Waals surface area contributed by atoms with Crippen molar-refractivity contribution in [1.82, 2.24) is 4.98 Å². The third-order valence-corrected chi connectivity index (χ3v) is 2.36. The zero-order valence-corrected chi connectivity index (χ0v) is 9.02. The van der Waals surface area contributed by atoms with Crippen LogP contribution in [0.2, 0.25) is 0 Å². The Morgan fingerprint density at radius 3 is 2.69 bits per heavy atom. The normalized spacial score (nSPS) is 10.4. The van der Waals surface area contributed by atoms with E-state index in [9.17, 15) is 4.79 Å². The molecule has 0 amide bonds. The number of carbonyl (C=O) groups is 1. The van der Waals surface area contributed by atoms with Crippen LogP contribution in [-0.4, -0.2) is 16.2 Å². The Balaban J connectivity index is 2.68. The zero-order chi connectivity index (χ0) is 11.7.